The van der Waals surface area contributed by atoms with E-state index in [1.54, 1.807) is 6.92 Å². The van der Waals surface area contributed by atoms with E-state index in [-0.39, 0.29) is 5.91 Å². The van der Waals surface area contributed by atoms with E-state index in [4.69, 9.17) is 5.11 Å². The molecule has 0 spiro atoms. The minimum absolute atomic E-state index is 0.116. The van der Waals surface area contributed by atoms with Gasteiger partial charge in [-0.2, -0.15) is 0 Å². The molecule has 5 nitrogen and oxygen atoms in total. The zero-order valence-electron chi connectivity index (χ0n) is 13.0. The number of carboxylic acids is 1. The van der Waals surface area contributed by atoms with E-state index in [0.717, 1.165) is 32.1 Å². The fourth-order valence-electron chi connectivity index (χ4n) is 2.89. The molecule has 1 atom stereocenters. The standard InChI is InChI=1S/C16H26N2O3/c1-12(16(20)21)10-17(2)11-15(19)18(14-8-9-14)13-6-4-3-5-7-13/h6,12,14H,3-5,7-11H2,1-2H3,(H,20,21). The molecule has 2 rings (SSSR count). The van der Waals surface area contributed by atoms with Gasteiger partial charge in [0, 0.05) is 18.3 Å². The number of carbonyl (C=O) groups is 2. The van der Waals surface area contributed by atoms with E-state index < -0.39 is 11.9 Å². The number of aliphatic carboxylic acids is 1. The van der Waals surface area contributed by atoms with Gasteiger partial charge in [0.1, 0.15) is 0 Å². The molecule has 1 saturated carbocycles. The Hall–Kier alpha value is -1.36. The minimum Gasteiger partial charge on any atom is -0.481 e. The van der Waals surface area contributed by atoms with Crippen molar-refractivity contribution in [2.45, 2.75) is 51.5 Å². The highest BCUT2D eigenvalue weighted by Gasteiger charge is 2.35. The van der Waals surface area contributed by atoms with Gasteiger partial charge in [0.15, 0.2) is 0 Å². The molecule has 0 heterocycles. The van der Waals surface area contributed by atoms with Crippen molar-refractivity contribution in [2.75, 3.05) is 20.1 Å². The van der Waals surface area contributed by atoms with Crippen LogP contribution in [0.4, 0.5) is 0 Å². The largest absolute Gasteiger partial charge is 0.481 e. The second-order valence-corrected chi connectivity index (χ2v) is 6.37. The van der Waals surface area contributed by atoms with Crippen LogP contribution >= 0.6 is 0 Å². The van der Waals surface area contributed by atoms with Crippen LogP contribution in [0.3, 0.4) is 0 Å². The molecule has 0 aromatic heterocycles. The Labute approximate surface area is 126 Å². The first-order valence-electron chi connectivity index (χ1n) is 7.91. The van der Waals surface area contributed by atoms with E-state index in [1.807, 2.05) is 16.8 Å². The summed E-state index contributed by atoms with van der Waals surface area (Å²) < 4.78 is 0. The Morgan fingerprint density at radius 1 is 1.38 bits per heavy atom. The number of rotatable bonds is 7. The van der Waals surface area contributed by atoms with Gasteiger partial charge in [0.25, 0.3) is 0 Å². The quantitative estimate of drug-likeness (QED) is 0.781. The number of allylic oxidation sites excluding steroid dienone is 2. The Kier molecular flexibility index (Phi) is 5.39. The molecule has 0 aromatic carbocycles. The van der Waals surface area contributed by atoms with Crippen LogP contribution in [0.1, 0.15) is 45.4 Å². The van der Waals surface area contributed by atoms with Crippen molar-refractivity contribution in [2.24, 2.45) is 5.92 Å². The van der Waals surface area contributed by atoms with Gasteiger partial charge in [0.2, 0.25) is 5.91 Å². The van der Waals surface area contributed by atoms with Gasteiger partial charge in [-0.15, -0.1) is 0 Å². The third-order valence-corrected chi connectivity index (χ3v) is 4.17. The third kappa shape index (κ3) is 4.56. The maximum absolute atomic E-state index is 12.6. The summed E-state index contributed by atoms with van der Waals surface area (Å²) in [7, 11) is 1.82. The Morgan fingerprint density at radius 3 is 2.62 bits per heavy atom. The lowest BCUT2D eigenvalue weighted by Crippen LogP contribution is -2.41. The van der Waals surface area contributed by atoms with E-state index in [9.17, 15) is 9.59 Å². The number of hydrogen-bond donors (Lipinski definition) is 1. The number of amides is 1. The van der Waals surface area contributed by atoms with Crippen LogP contribution in [-0.2, 0) is 9.59 Å². The summed E-state index contributed by atoms with van der Waals surface area (Å²) in [4.78, 5) is 27.3. The van der Waals surface area contributed by atoms with Crippen molar-refractivity contribution in [1.82, 2.24) is 9.80 Å². The predicted molar refractivity (Wildman–Crippen MR) is 80.7 cm³/mol. The molecule has 0 radical (unpaired) electrons. The zero-order chi connectivity index (χ0) is 15.4. The first-order chi connectivity index (χ1) is 9.99. The highest BCUT2D eigenvalue weighted by Crippen LogP contribution is 2.33. The molecule has 1 N–H and O–H groups in total. The van der Waals surface area contributed by atoms with Crippen LogP contribution in [0, 0.1) is 5.92 Å². The molecule has 1 fully saturated rings. The Morgan fingerprint density at radius 2 is 2.10 bits per heavy atom. The van der Waals surface area contributed by atoms with Crippen molar-refractivity contribution in [3.8, 4) is 0 Å². The molecule has 1 unspecified atom stereocenters. The fraction of sp³-hybridized carbons (Fsp3) is 0.750. The molecule has 0 aromatic rings. The molecule has 2 aliphatic carbocycles. The minimum atomic E-state index is -0.816. The van der Waals surface area contributed by atoms with Crippen LogP contribution in [0.25, 0.3) is 0 Å². The van der Waals surface area contributed by atoms with E-state index >= 15 is 0 Å². The van der Waals surface area contributed by atoms with Crippen LogP contribution < -0.4 is 0 Å². The maximum Gasteiger partial charge on any atom is 0.307 e. The number of carbonyl (C=O) groups excluding carboxylic acids is 1. The van der Waals surface area contributed by atoms with Crippen molar-refractivity contribution in [3.63, 3.8) is 0 Å². The smallest absolute Gasteiger partial charge is 0.307 e. The monoisotopic (exact) mass is 294 g/mol. The van der Waals surface area contributed by atoms with Gasteiger partial charge in [-0.05, 0) is 45.6 Å². The van der Waals surface area contributed by atoms with Crippen LogP contribution in [0.5, 0.6) is 0 Å². The fourth-order valence-corrected chi connectivity index (χ4v) is 2.89. The van der Waals surface area contributed by atoms with E-state index in [2.05, 4.69) is 6.08 Å². The lowest BCUT2D eigenvalue weighted by atomic mass is 10.0. The molecule has 2 aliphatic rings. The number of nitrogens with zero attached hydrogens (tertiary/aromatic N) is 2. The van der Waals surface area contributed by atoms with Gasteiger partial charge in [-0.1, -0.05) is 13.0 Å². The first kappa shape index (κ1) is 16.0. The van der Waals surface area contributed by atoms with Crippen molar-refractivity contribution >= 4 is 11.9 Å². The topological polar surface area (TPSA) is 60.9 Å². The van der Waals surface area contributed by atoms with E-state index in [0.29, 0.717) is 19.1 Å². The highest BCUT2D eigenvalue weighted by atomic mass is 16.4. The average molecular weight is 294 g/mol. The molecule has 118 valence electrons. The predicted octanol–water partition coefficient (Wildman–Crippen LogP) is 2.09. The normalized spacial score (nSPS) is 20.0. The zero-order valence-corrected chi connectivity index (χ0v) is 13.0. The van der Waals surface area contributed by atoms with Crippen molar-refractivity contribution in [3.05, 3.63) is 11.8 Å². The summed E-state index contributed by atoms with van der Waals surface area (Å²) >= 11 is 0. The van der Waals surface area contributed by atoms with Crippen molar-refractivity contribution < 1.29 is 14.7 Å². The van der Waals surface area contributed by atoms with Gasteiger partial charge < -0.3 is 10.0 Å². The van der Waals surface area contributed by atoms with Gasteiger partial charge in [0.05, 0.1) is 12.5 Å². The molecule has 0 saturated heterocycles. The Balaban J connectivity index is 1.93. The number of carboxylic acid groups (broad SMARTS) is 1. The second-order valence-electron chi connectivity index (χ2n) is 6.37. The van der Waals surface area contributed by atoms with Crippen LogP contribution in [-0.4, -0.2) is 53.0 Å². The van der Waals surface area contributed by atoms with Crippen LogP contribution in [0.15, 0.2) is 11.8 Å². The molecule has 0 aliphatic heterocycles. The first-order valence-corrected chi connectivity index (χ1v) is 7.91. The molecule has 1 amide bonds. The summed E-state index contributed by atoms with van der Waals surface area (Å²) in [5.41, 5.74) is 1.19. The lowest BCUT2D eigenvalue weighted by Gasteiger charge is -2.30. The molecule has 0 bridgehead atoms. The van der Waals surface area contributed by atoms with E-state index in [1.165, 1.54) is 12.1 Å². The lowest BCUT2D eigenvalue weighted by molar-refractivity contribution is -0.142. The van der Waals surface area contributed by atoms with Gasteiger partial charge >= 0.3 is 5.97 Å². The molecular weight excluding hydrogens is 268 g/mol. The number of likely N-dealkylation sites (N-methyl/N-ethyl adjacent to an activating group) is 1. The summed E-state index contributed by atoms with van der Waals surface area (Å²) in [6.45, 7) is 2.37. The molecule has 5 heteroatoms. The molecule has 21 heavy (non-hydrogen) atoms. The summed E-state index contributed by atoms with van der Waals surface area (Å²) in [6, 6.07) is 0.382. The molecular formula is C16H26N2O3. The second kappa shape index (κ2) is 7.07. The summed E-state index contributed by atoms with van der Waals surface area (Å²) in [6.07, 6.45) is 8.84. The van der Waals surface area contributed by atoms with Gasteiger partial charge in [-0.3, -0.25) is 14.5 Å². The SMILES string of the molecule is CC(CN(C)CC(=O)N(C1=CCCCC1)C1CC1)C(=O)O. The summed E-state index contributed by atoms with van der Waals surface area (Å²) in [5.74, 6) is -1.15. The highest BCUT2D eigenvalue weighted by molar-refractivity contribution is 5.81. The number of hydrogen-bond acceptors (Lipinski definition) is 3. The third-order valence-electron chi connectivity index (χ3n) is 4.17. The Bertz CT molecular complexity index is 429. The average Bonchev–Trinajstić information content (AvgIpc) is 3.24. The van der Waals surface area contributed by atoms with Crippen molar-refractivity contribution in [1.29, 1.82) is 0 Å². The van der Waals surface area contributed by atoms with Gasteiger partial charge in [-0.25, -0.2) is 0 Å². The summed E-state index contributed by atoms with van der Waals surface area (Å²) in [5, 5.41) is 8.95. The maximum atomic E-state index is 12.6. The van der Waals surface area contributed by atoms with Crippen LogP contribution in [0.2, 0.25) is 0 Å².